The van der Waals surface area contributed by atoms with Crippen LogP contribution >= 0.6 is 0 Å². The van der Waals surface area contributed by atoms with Crippen molar-refractivity contribution in [2.75, 3.05) is 5.32 Å². The summed E-state index contributed by atoms with van der Waals surface area (Å²) in [6.07, 6.45) is -3.97. The van der Waals surface area contributed by atoms with E-state index in [0.717, 1.165) is 30.0 Å². The van der Waals surface area contributed by atoms with E-state index < -0.39 is 44.6 Å². The van der Waals surface area contributed by atoms with E-state index in [9.17, 15) is 38.2 Å². The van der Waals surface area contributed by atoms with E-state index in [2.05, 4.69) is 15.4 Å². The molecule has 1 amide bonds. The first-order valence-corrected chi connectivity index (χ1v) is 11.1. The van der Waals surface area contributed by atoms with Gasteiger partial charge in [0.15, 0.2) is 11.3 Å². The lowest BCUT2D eigenvalue weighted by Crippen LogP contribution is -2.16. The lowest BCUT2D eigenvalue weighted by atomic mass is 10.0. The molecule has 2 heterocycles. The number of carbonyl (C=O) groups excluding carboxylic acids is 1. The van der Waals surface area contributed by atoms with Crippen LogP contribution in [0.3, 0.4) is 0 Å². The first-order valence-electron chi connectivity index (χ1n) is 11.1. The zero-order valence-electron chi connectivity index (χ0n) is 20.1. The van der Waals surface area contributed by atoms with Gasteiger partial charge in [-0.15, -0.1) is 0 Å². The molecule has 0 radical (unpaired) electrons. The van der Waals surface area contributed by atoms with E-state index in [1.165, 1.54) is 6.92 Å². The molecule has 0 fully saturated rings. The van der Waals surface area contributed by atoms with E-state index in [1.807, 2.05) is 13.8 Å². The minimum Gasteiger partial charge on any atom is -0.321 e. The number of nitrogens with zero attached hydrogens (tertiary/aromatic N) is 5. The van der Waals surface area contributed by atoms with Gasteiger partial charge in [0, 0.05) is 17.7 Å². The topological polar surface area (TPSA) is 146 Å². The number of nitro benzene ring substituents is 2. The molecule has 196 valence electrons. The van der Waals surface area contributed by atoms with Crippen molar-refractivity contribution >= 4 is 28.6 Å². The molecule has 0 aliphatic heterocycles. The third kappa shape index (κ3) is 4.87. The quantitative estimate of drug-likeness (QED) is 0.242. The highest BCUT2D eigenvalue weighted by Crippen LogP contribution is 2.34. The van der Waals surface area contributed by atoms with Crippen LogP contribution in [0.25, 0.3) is 16.9 Å². The number of rotatable bonds is 6. The van der Waals surface area contributed by atoms with Crippen molar-refractivity contribution in [1.82, 2.24) is 14.6 Å². The molecule has 0 aliphatic rings. The predicted molar refractivity (Wildman–Crippen MR) is 130 cm³/mol. The molecule has 14 heteroatoms. The minimum atomic E-state index is -4.84. The molecular formula is C24H19F3N6O5. The van der Waals surface area contributed by atoms with Crippen LogP contribution in [0.2, 0.25) is 0 Å². The number of benzene rings is 2. The molecule has 11 nitrogen and oxygen atoms in total. The zero-order chi connectivity index (χ0) is 27.9. The highest BCUT2D eigenvalue weighted by molar-refractivity contribution is 6.08. The molecule has 0 aliphatic carbocycles. The SMILES string of the molecule is Cc1c([N+](=O)[O-])cc(NC(=O)c2cnn3c(C(F)(F)F)cc(-c4ccc(C(C)C)cc4)nc23)cc1[N+](=O)[O-]. The Labute approximate surface area is 212 Å². The highest BCUT2D eigenvalue weighted by Gasteiger charge is 2.36. The van der Waals surface area contributed by atoms with Gasteiger partial charge in [0.1, 0.15) is 11.1 Å². The molecule has 2 aromatic heterocycles. The van der Waals surface area contributed by atoms with Gasteiger partial charge in [-0.2, -0.15) is 18.3 Å². The number of halogens is 3. The Balaban J connectivity index is 1.82. The van der Waals surface area contributed by atoms with Crippen LogP contribution in [-0.2, 0) is 6.18 Å². The third-order valence-corrected chi connectivity index (χ3v) is 5.88. The first kappa shape index (κ1) is 26.2. The van der Waals surface area contributed by atoms with Crippen LogP contribution in [0, 0.1) is 27.2 Å². The van der Waals surface area contributed by atoms with Crippen LogP contribution in [0.1, 0.15) is 46.9 Å². The fourth-order valence-corrected chi connectivity index (χ4v) is 3.85. The lowest BCUT2D eigenvalue weighted by molar-refractivity contribution is -0.395. The smallest absolute Gasteiger partial charge is 0.321 e. The average molecular weight is 528 g/mol. The van der Waals surface area contributed by atoms with Gasteiger partial charge in [-0.05, 0) is 24.5 Å². The fraction of sp³-hybridized carbons (Fsp3) is 0.208. The van der Waals surface area contributed by atoms with Crippen LogP contribution in [-0.4, -0.2) is 30.4 Å². The molecule has 0 saturated heterocycles. The van der Waals surface area contributed by atoms with E-state index in [-0.39, 0.29) is 28.4 Å². The molecule has 38 heavy (non-hydrogen) atoms. The molecule has 0 atom stereocenters. The second-order valence-electron chi connectivity index (χ2n) is 8.70. The average Bonchev–Trinajstić information content (AvgIpc) is 3.27. The Morgan fingerprint density at radius 1 is 1.03 bits per heavy atom. The number of aromatic nitrogens is 3. The van der Waals surface area contributed by atoms with Crippen molar-refractivity contribution in [1.29, 1.82) is 0 Å². The maximum atomic E-state index is 13.9. The Kier molecular flexibility index (Phi) is 6.57. The monoisotopic (exact) mass is 528 g/mol. The summed E-state index contributed by atoms with van der Waals surface area (Å²) in [6.45, 7) is 5.12. The maximum Gasteiger partial charge on any atom is 0.433 e. The number of carbonyl (C=O) groups is 1. The Bertz CT molecular complexity index is 1560. The van der Waals surface area contributed by atoms with Crippen molar-refractivity contribution in [2.24, 2.45) is 0 Å². The number of alkyl halides is 3. The third-order valence-electron chi connectivity index (χ3n) is 5.88. The molecule has 0 saturated carbocycles. The van der Waals surface area contributed by atoms with Crippen LogP contribution < -0.4 is 5.32 Å². The summed E-state index contributed by atoms with van der Waals surface area (Å²) in [5.41, 5.74) is -2.43. The predicted octanol–water partition coefficient (Wildman–Crippen LogP) is 5.92. The molecule has 0 spiro atoms. The van der Waals surface area contributed by atoms with Crippen molar-refractivity contribution in [3.63, 3.8) is 0 Å². The highest BCUT2D eigenvalue weighted by atomic mass is 19.4. The standard InChI is InChI=1S/C24H19F3N6O5/c1-12(2)14-4-6-15(7-5-14)18-10-21(24(25,26)27)31-22(30-18)17(11-28-31)23(34)29-16-8-19(32(35)36)13(3)20(9-16)33(37)38/h4-12H,1-3H3,(H,29,34). The van der Waals surface area contributed by atoms with Gasteiger partial charge < -0.3 is 5.32 Å². The Morgan fingerprint density at radius 2 is 1.61 bits per heavy atom. The summed E-state index contributed by atoms with van der Waals surface area (Å²) in [5, 5.41) is 28.6. The van der Waals surface area contributed by atoms with Gasteiger partial charge >= 0.3 is 6.18 Å². The van der Waals surface area contributed by atoms with Gasteiger partial charge in [0.2, 0.25) is 0 Å². The van der Waals surface area contributed by atoms with Gasteiger partial charge in [0.25, 0.3) is 17.3 Å². The van der Waals surface area contributed by atoms with Gasteiger partial charge in [-0.1, -0.05) is 38.1 Å². The number of hydrogen-bond acceptors (Lipinski definition) is 7. The maximum absolute atomic E-state index is 13.9. The number of amides is 1. The normalized spacial score (nSPS) is 11.7. The Hall–Kier alpha value is -4.88. The van der Waals surface area contributed by atoms with Crippen molar-refractivity contribution < 1.29 is 27.8 Å². The molecule has 4 rings (SSSR count). The molecule has 1 N–H and O–H groups in total. The molecule has 0 unspecified atom stereocenters. The first-order chi connectivity index (χ1) is 17.8. The van der Waals surface area contributed by atoms with Crippen molar-refractivity contribution in [3.8, 4) is 11.3 Å². The largest absolute Gasteiger partial charge is 0.433 e. The van der Waals surface area contributed by atoms with Crippen LogP contribution in [0.15, 0.2) is 48.7 Å². The summed E-state index contributed by atoms with van der Waals surface area (Å²) >= 11 is 0. The molecule has 4 aromatic rings. The number of nitro groups is 2. The number of hydrogen-bond donors (Lipinski definition) is 1. The van der Waals surface area contributed by atoms with Gasteiger partial charge in [-0.25, -0.2) is 9.50 Å². The Morgan fingerprint density at radius 3 is 2.11 bits per heavy atom. The summed E-state index contributed by atoms with van der Waals surface area (Å²) in [7, 11) is 0. The number of anilines is 1. The van der Waals surface area contributed by atoms with E-state index in [4.69, 9.17) is 0 Å². The summed E-state index contributed by atoms with van der Waals surface area (Å²) in [6, 6.07) is 9.42. The second kappa shape index (κ2) is 9.53. The van der Waals surface area contributed by atoms with Gasteiger partial charge in [-0.3, -0.25) is 25.0 Å². The van der Waals surface area contributed by atoms with E-state index in [0.29, 0.717) is 10.1 Å². The van der Waals surface area contributed by atoms with Crippen molar-refractivity contribution in [2.45, 2.75) is 32.9 Å². The minimum absolute atomic E-state index is 0.0590. The van der Waals surface area contributed by atoms with Crippen LogP contribution in [0.5, 0.6) is 0 Å². The summed E-state index contributed by atoms with van der Waals surface area (Å²) in [5.74, 6) is -0.816. The lowest BCUT2D eigenvalue weighted by Gasteiger charge is -2.12. The van der Waals surface area contributed by atoms with Crippen LogP contribution in [0.4, 0.5) is 30.2 Å². The number of fused-ring (bicyclic) bond motifs is 1. The summed E-state index contributed by atoms with van der Waals surface area (Å²) < 4.78 is 42.2. The van der Waals surface area contributed by atoms with E-state index in [1.54, 1.807) is 24.3 Å². The summed E-state index contributed by atoms with van der Waals surface area (Å²) in [4.78, 5) is 38.3. The molecular weight excluding hydrogens is 509 g/mol. The van der Waals surface area contributed by atoms with Crippen molar-refractivity contribution in [3.05, 3.63) is 91.3 Å². The van der Waals surface area contributed by atoms with E-state index >= 15 is 0 Å². The fourth-order valence-electron chi connectivity index (χ4n) is 3.85. The zero-order valence-corrected chi connectivity index (χ0v) is 20.1. The molecule has 2 aromatic carbocycles. The van der Waals surface area contributed by atoms with Gasteiger partial charge in [0.05, 0.1) is 27.4 Å². The molecule has 0 bridgehead atoms. The second-order valence-corrected chi connectivity index (χ2v) is 8.70. The number of nitrogens with one attached hydrogen (secondary N) is 1.